The Balaban J connectivity index is 1.42. The molecule has 0 saturated heterocycles. The van der Waals surface area contributed by atoms with E-state index in [0.29, 0.717) is 17.6 Å². The van der Waals surface area contributed by atoms with E-state index in [0.717, 1.165) is 41.9 Å². The van der Waals surface area contributed by atoms with Gasteiger partial charge in [0.15, 0.2) is 11.6 Å². The molecular weight excluding hydrogens is 732 g/mol. The molecule has 8 aromatic rings. The minimum absolute atomic E-state index is 0.573. The summed E-state index contributed by atoms with van der Waals surface area (Å²) in [6, 6.07) is 43.2. The van der Waals surface area contributed by atoms with Crippen molar-refractivity contribution in [1.29, 1.82) is 0 Å². The zero-order chi connectivity index (χ0) is 33.8. The maximum atomic E-state index is 5.14. The van der Waals surface area contributed by atoms with Crippen LogP contribution in [-0.4, -0.2) is 19.5 Å². The molecule has 6 aromatic carbocycles. The van der Waals surface area contributed by atoms with Crippen molar-refractivity contribution in [2.24, 2.45) is 0 Å². The topological polar surface area (TPSA) is 43.6 Å². The van der Waals surface area contributed by atoms with Gasteiger partial charge in [-0.1, -0.05) is 127 Å². The Kier molecular flexibility index (Phi) is 8.01. The van der Waals surface area contributed by atoms with Crippen LogP contribution >= 0.6 is 31.9 Å². The lowest BCUT2D eigenvalue weighted by molar-refractivity contribution is 0.953. The minimum Gasteiger partial charge on any atom is -0.278 e. The molecule has 49 heavy (non-hydrogen) atoms. The summed E-state index contributed by atoms with van der Waals surface area (Å²) in [6.45, 7) is 8.63. The zero-order valence-corrected chi connectivity index (χ0v) is 30.8. The number of halogens is 2. The molecule has 238 valence electrons. The first-order valence-electron chi connectivity index (χ1n) is 16.2. The number of hydrogen-bond acceptors (Lipinski definition) is 3. The first-order chi connectivity index (χ1) is 23.7. The van der Waals surface area contributed by atoms with Gasteiger partial charge in [0.25, 0.3) is 0 Å². The highest BCUT2D eigenvalue weighted by Gasteiger charge is 2.19. The quantitative estimate of drug-likeness (QED) is 0.175. The molecule has 0 amide bonds. The van der Waals surface area contributed by atoms with Crippen LogP contribution in [0.5, 0.6) is 0 Å². The van der Waals surface area contributed by atoms with Crippen LogP contribution < -0.4 is 0 Å². The third kappa shape index (κ3) is 6.11. The molecule has 4 nitrogen and oxygen atoms in total. The lowest BCUT2D eigenvalue weighted by atomic mass is 9.97. The Morgan fingerprint density at radius 3 is 1.14 bits per heavy atom. The molecule has 0 aliphatic rings. The summed E-state index contributed by atoms with van der Waals surface area (Å²) in [5, 5.41) is 2.29. The molecule has 0 N–H and O–H groups in total. The molecular formula is C43H32Br2N4. The van der Waals surface area contributed by atoms with E-state index in [1.54, 1.807) is 0 Å². The second-order valence-corrected chi connectivity index (χ2v) is 14.7. The smallest absolute Gasteiger partial charge is 0.238 e. The average Bonchev–Trinajstić information content (AvgIpc) is 3.41. The second kappa shape index (κ2) is 12.5. The Hall–Kier alpha value is -4.91. The first kappa shape index (κ1) is 31.4. The molecule has 0 saturated carbocycles. The summed E-state index contributed by atoms with van der Waals surface area (Å²) in [5.74, 6) is 1.80. The summed E-state index contributed by atoms with van der Waals surface area (Å²) in [7, 11) is 0. The lowest BCUT2D eigenvalue weighted by Crippen LogP contribution is -2.06. The van der Waals surface area contributed by atoms with E-state index in [9.17, 15) is 0 Å². The second-order valence-electron chi connectivity index (χ2n) is 12.8. The molecule has 8 rings (SSSR count). The number of nitrogens with zero attached hydrogens (tertiary/aromatic N) is 4. The van der Waals surface area contributed by atoms with E-state index in [1.165, 1.54) is 44.5 Å². The van der Waals surface area contributed by atoms with Crippen molar-refractivity contribution < 1.29 is 0 Å². The normalized spacial score (nSPS) is 11.5. The SMILES string of the molecule is Cc1cc(C)cc(-c2ccc3c(c2)c2cc(-c4cc(C)cc(C)c4)ccc2n3-c2nc(-c3ccc(Br)cc3)nc(-c3ccc(Br)cc3)n2)c1. The molecule has 0 bridgehead atoms. The van der Waals surface area contributed by atoms with E-state index < -0.39 is 0 Å². The monoisotopic (exact) mass is 762 g/mol. The zero-order valence-electron chi connectivity index (χ0n) is 27.6. The van der Waals surface area contributed by atoms with Gasteiger partial charge in [0.05, 0.1) is 11.0 Å². The Morgan fingerprint density at radius 2 is 0.755 bits per heavy atom. The van der Waals surface area contributed by atoms with Gasteiger partial charge in [0.2, 0.25) is 5.95 Å². The predicted octanol–water partition coefficient (Wildman–Crippen LogP) is 12.4. The van der Waals surface area contributed by atoms with Crippen molar-refractivity contribution >= 4 is 53.7 Å². The van der Waals surface area contributed by atoms with Crippen LogP contribution in [0.15, 0.2) is 130 Å². The largest absolute Gasteiger partial charge is 0.278 e. The third-order valence-corrected chi connectivity index (χ3v) is 9.96. The van der Waals surface area contributed by atoms with E-state index in [1.807, 2.05) is 48.5 Å². The van der Waals surface area contributed by atoms with Gasteiger partial charge in [-0.05, 0) is 98.5 Å². The van der Waals surface area contributed by atoms with E-state index in [4.69, 9.17) is 15.0 Å². The van der Waals surface area contributed by atoms with Crippen LogP contribution in [0.3, 0.4) is 0 Å². The van der Waals surface area contributed by atoms with Crippen molar-refractivity contribution in [3.8, 4) is 51.0 Å². The number of benzene rings is 6. The predicted molar refractivity (Wildman–Crippen MR) is 210 cm³/mol. The van der Waals surface area contributed by atoms with E-state index >= 15 is 0 Å². The number of fused-ring (bicyclic) bond motifs is 3. The van der Waals surface area contributed by atoms with Gasteiger partial charge in [-0.25, -0.2) is 4.98 Å². The van der Waals surface area contributed by atoms with Crippen LogP contribution in [-0.2, 0) is 0 Å². The maximum absolute atomic E-state index is 5.14. The van der Waals surface area contributed by atoms with Gasteiger partial charge in [0.1, 0.15) is 0 Å². The number of aromatic nitrogens is 4. The van der Waals surface area contributed by atoms with Gasteiger partial charge in [-0.2, -0.15) is 9.97 Å². The van der Waals surface area contributed by atoms with Crippen molar-refractivity contribution in [2.45, 2.75) is 27.7 Å². The summed E-state index contributed by atoms with van der Waals surface area (Å²) in [5.41, 5.74) is 13.7. The Labute approximate surface area is 302 Å². The highest BCUT2D eigenvalue weighted by Crippen LogP contribution is 2.38. The maximum Gasteiger partial charge on any atom is 0.238 e. The molecule has 0 spiro atoms. The Morgan fingerprint density at radius 1 is 0.388 bits per heavy atom. The number of hydrogen-bond donors (Lipinski definition) is 0. The molecule has 0 radical (unpaired) electrons. The van der Waals surface area contributed by atoms with Crippen molar-refractivity contribution in [3.05, 3.63) is 153 Å². The molecule has 0 aliphatic carbocycles. The van der Waals surface area contributed by atoms with Gasteiger partial charge in [-0.3, -0.25) is 4.57 Å². The van der Waals surface area contributed by atoms with E-state index in [2.05, 4.69) is 137 Å². The standard InChI is InChI=1S/C43H32Br2N4/c1-25-17-26(2)20-33(19-25)31-9-15-39-37(23-31)38-24-32(34-21-27(3)18-28(4)22-34)10-16-40(38)49(39)43-47-41(29-5-11-35(44)12-6-29)46-42(48-43)30-7-13-36(45)14-8-30/h5-24H,1-4H3. The van der Waals surface area contributed by atoms with Gasteiger partial charge in [-0.15, -0.1) is 0 Å². The number of aryl methyl sites for hydroxylation is 4. The molecule has 6 heteroatoms. The van der Waals surface area contributed by atoms with Crippen molar-refractivity contribution in [3.63, 3.8) is 0 Å². The van der Waals surface area contributed by atoms with Gasteiger partial charge < -0.3 is 0 Å². The summed E-state index contributed by atoms with van der Waals surface area (Å²) < 4.78 is 4.19. The highest BCUT2D eigenvalue weighted by atomic mass is 79.9. The van der Waals surface area contributed by atoms with Crippen LogP contribution in [0.4, 0.5) is 0 Å². The van der Waals surface area contributed by atoms with Crippen LogP contribution in [0.2, 0.25) is 0 Å². The van der Waals surface area contributed by atoms with E-state index in [-0.39, 0.29) is 0 Å². The molecule has 0 atom stereocenters. The van der Waals surface area contributed by atoms with Gasteiger partial charge >= 0.3 is 0 Å². The summed E-state index contributed by atoms with van der Waals surface area (Å²) >= 11 is 7.15. The molecule has 2 heterocycles. The van der Waals surface area contributed by atoms with Gasteiger partial charge in [0, 0.05) is 30.8 Å². The van der Waals surface area contributed by atoms with Crippen LogP contribution in [0.25, 0.3) is 72.8 Å². The molecule has 0 unspecified atom stereocenters. The Bertz CT molecular complexity index is 2340. The molecule has 0 fully saturated rings. The third-order valence-electron chi connectivity index (χ3n) is 8.90. The molecule has 2 aromatic heterocycles. The number of rotatable bonds is 5. The van der Waals surface area contributed by atoms with Crippen molar-refractivity contribution in [1.82, 2.24) is 19.5 Å². The van der Waals surface area contributed by atoms with Crippen LogP contribution in [0, 0.1) is 27.7 Å². The fourth-order valence-electron chi connectivity index (χ4n) is 6.80. The molecule has 0 aliphatic heterocycles. The fraction of sp³-hybridized carbons (Fsp3) is 0.0930. The lowest BCUT2D eigenvalue weighted by Gasteiger charge is -2.11. The van der Waals surface area contributed by atoms with Crippen molar-refractivity contribution in [2.75, 3.05) is 0 Å². The minimum atomic E-state index is 0.573. The fourth-order valence-corrected chi connectivity index (χ4v) is 7.33. The van der Waals surface area contributed by atoms with Crippen LogP contribution in [0.1, 0.15) is 22.3 Å². The first-order valence-corrected chi connectivity index (χ1v) is 17.8. The highest BCUT2D eigenvalue weighted by molar-refractivity contribution is 9.10. The average molecular weight is 765 g/mol. The summed E-state index contributed by atoms with van der Waals surface area (Å²) in [4.78, 5) is 15.3. The summed E-state index contributed by atoms with van der Waals surface area (Å²) in [6.07, 6.45) is 0.